The second-order valence-electron chi connectivity index (χ2n) is 5.48. The molecule has 2 heterocycles. The second-order valence-corrected chi connectivity index (χ2v) is 9.26. The summed E-state index contributed by atoms with van der Waals surface area (Å²) in [7, 11) is -3.46. The van der Waals surface area contributed by atoms with Gasteiger partial charge in [0.1, 0.15) is 4.21 Å². The van der Waals surface area contributed by atoms with Crippen LogP contribution in [0, 0.1) is 6.92 Å². The molecule has 7 heteroatoms. The van der Waals surface area contributed by atoms with Gasteiger partial charge >= 0.3 is 0 Å². The summed E-state index contributed by atoms with van der Waals surface area (Å²) in [6.07, 6.45) is 2.14. The molecule has 1 aromatic heterocycles. The first-order chi connectivity index (χ1) is 9.32. The van der Waals surface area contributed by atoms with Crippen molar-refractivity contribution in [1.82, 2.24) is 9.62 Å². The molecule has 20 heavy (non-hydrogen) atoms. The molecule has 1 saturated heterocycles. The monoisotopic (exact) mass is 336 g/mol. The Hall–Kier alpha value is -0.140. The zero-order valence-electron chi connectivity index (χ0n) is 12.0. The molecule has 1 aromatic rings. The zero-order chi connectivity index (χ0) is 14.9. The first-order valence-corrected chi connectivity index (χ1v) is 9.47. The Kier molecular flexibility index (Phi) is 5.13. The molecule has 0 bridgehead atoms. The van der Waals surface area contributed by atoms with E-state index < -0.39 is 10.0 Å². The minimum absolute atomic E-state index is 0.0661. The van der Waals surface area contributed by atoms with Gasteiger partial charge in [0, 0.05) is 18.6 Å². The maximum absolute atomic E-state index is 12.8. The molecule has 1 atom stereocenters. The van der Waals surface area contributed by atoms with Crippen LogP contribution in [-0.4, -0.2) is 37.9 Å². The van der Waals surface area contributed by atoms with Crippen LogP contribution in [0.5, 0.6) is 0 Å². The fraction of sp³-hybridized carbons (Fsp3) is 0.692. The lowest BCUT2D eigenvalue weighted by Gasteiger charge is -2.28. The van der Waals surface area contributed by atoms with Gasteiger partial charge in [-0.3, -0.25) is 0 Å². The van der Waals surface area contributed by atoms with Crippen LogP contribution in [0.15, 0.2) is 10.3 Å². The summed E-state index contributed by atoms with van der Waals surface area (Å²) in [5.74, 6) is 0. The van der Waals surface area contributed by atoms with Crippen molar-refractivity contribution in [2.75, 3.05) is 13.1 Å². The molecule has 4 nitrogen and oxygen atoms in total. The van der Waals surface area contributed by atoms with Crippen molar-refractivity contribution >= 4 is 33.0 Å². The molecule has 1 aliphatic heterocycles. The predicted molar refractivity (Wildman–Crippen MR) is 84.1 cm³/mol. The fourth-order valence-electron chi connectivity index (χ4n) is 2.39. The minimum atomic E-state index is -3.46. The number of rotatable bonds is 5. The van der Waals surface area contributed by atoms with Crippen LogP contribution in [0.4, 0.5) is 0 Å². The van der Waals surface area contributed by atoms with Crippen LogP contribution in [0.3, 0.4) is 0 Å². The van der Waals surface area contributed by atoms with E-state index in [0.717, 1.165) is 36.3 Å². The van der Waals surface area contributed by atoms with Gasteiger partial charge in [-0.05, 0) is 51.8 Å². The van der Waals surface area contributed by atoms with E-state index in [1.54, 1.807) is 10.4 Å². The topological polar surface area (TPSA) is 49.4 Å². The van der Waals surface area contributed by atoms with Crippen LogP contribution < -0.4 is 5.32 Å². The Labute approximate surface area is 130 Å². The number of thiophene rings is 1. The van der Waals surface area contributed by atoms with Gasteiger partial charge in [0.05, 0.1) is 4.34 Å². The summed E-state index contributed by atoms with van der Waals surface area (Å²) in [5, 5.41) is 3.35. The molecule has 0 radical (unpaired) electrons. The van der Waals surface area contributed by atoms with Crippen molar-refractivity contribution in [3.8, 4) is 0 Å². The van der Waals surface area contributed by atoms with E-state index in [9.17, 15) is 8.42 Å². The molecule has 1 aliphatic rings. The van der Waals surface area contributed by atoms with E-state index in [0.29, 0.717) is 15.1 Å². The lowest BCUT2D eigenvalue weighted by molar-refractivity contribution is 0.323. The van der Waals surface area contributed by atoms with Gasteiger partial charge in [-0.15, -0.1) is 11.3 Å². The lowest BCUT2D eigenvalue weighted by atomic mass is 10.2. The van der Waals surface area contributed by atoms with Gasteiger partial charge in [-0.1, -0.05) is 11.6 Å². The van der Waals surface area contributed by atoms with Gasteiger partial charge in [0.15, 0.2) is 0 Å². The molecule has 0 spiro atoms. The number of nitrogens with one attached hydrogen (secondary N) is 1. The molecular formula is C13H21ClN2O2S2. The molecule has 1 fully saturated rings. The Morgan fingerprint density at radius 3 is 2.70 bits per heavy atom. The Bertz CT molecular complexity index is 543. The molecule has 2 rings (SSSR count). The molecule has 1 unspecified atom stereocenters. The quantitative estimate of drug-likeness (QED) is 0.899. The maximum atomic E-state index is 12.8. The Balaban J connectivity index is 2.26. The lowest BCUT2D eigenvalue weighted by Crippen LogP contribution is -2.44. The van der Waals surface area contributed by atoms with Crippen LogP contribution in [0.2, 0.25) is 4.34 Å². The number of halogens is 1. The summed E-state index contributed by atoms with van der Waals surface area (Å²) in [6, 6.07) is 1.85. The molecule has 1 N–H and O–H groups in total. The van der Waals surface area contributed by atoms with Gasteiger partial charge in [0.2, 0.25) is 0 Å². The van der Waals surface area contributed by atoms with Gasteiger partial charge in [0.25, 0.3) is 10.0 Å². The normalized spacial score (nSPS) is 20.2. The van der Waals surface area contributed by atoms with Gasteiger partial charge in [-0.2, -0.15) is 4.31 Å². The summed E-state index contributed by atoms with van der Waals surface area (Å²) in [4.78, 5) is 0. The highest BCUT2D eigenvalue weighted by Crippen LogP contribution is 2.32. The molecule has 0 amide bonds. The molecule has 0 aliphatic carbocycles. The van der Waals surface area contributed by atoms with Crippen LogP contribution in [0.25, 0.3) is 0 Å². The SMILES string of the molecule is Cc1cc(S(=O)(=O)N(CC2CCCN2)C(C)C)sc1Cl. The van der Waals surface area contributed by atoms with Crippen molar-refractivity contribution in [2.24, 2.45) is 0 Å². The average molecular weight is 337 g/mol. The van der Waals surface area contributed by atoms with E-state index in [4.69, 9.17) is 11.6 Å². The van der Waals surface area contributed by atoms with Crippen molar-refractivity contribution in [3.05, 3.63) is 16.0 Å². The standard InChI is InChI=1S/C13H21ClN2O2S2/c1-9(2)16(8-11-5-4-6-15-11)20(17,18)12-7-10(3)13(14)19-12/h7,9,11,15H,4-6,8H2,1-3H3. The largest absolute Gasteiger partial charge is 0.313 e. The van der Waals surface area contributed by atoms with Crippen molar-refractivity contribution < 1.29 is 8.42 Å². The predicted octanol–water partition coefficient (Wildman–Crippen LogP) is 2.86. The van der Waals surface area contributed by atoms with Crippen molar-refractivity contribution in [2.45, 2.75) is 49.9 Å². The van der Waals surface area contributed by atoms with Gasteiger partial charge < -0.3 is 5.32 Å². The smallest absolute Gasteiger partial charge is 0.252 e. The third kappa shape index (κ3) is 3.36. The first kappa shape index (κ1) is 16.2. The van der Waals surface area contributed by atoms with Crippen molar-refractivity contribution in [3.63, 3.8) is 0 Å². The maximum Gasteiger partial charge on any atom is 0.252 e. The number of sulfonamides is 1. The molecule has 0 saturated carbocycles. The van der Waals surface area contributed by atoms with Crippen LogP contribution in [-0.2, 0) is 10.0 Å². The second kappa shape index (κ2) is 6.32. The minimum Gasteiger partial charge on any atom is -0.313 e. The molecule has 114 valence electrons. The third-order valence-corrected chi connectivity index (χ3v) is 7.58. The number of nitrogens with zero attached hydrogens (tertiary/aromatic N) is 1. The number of aryl methyl sites for hydroxylation is 1. The summed E-state index contributed by atoms with van der Waals surface area (Å²) in [5.41, 5.74) is 0.818. The summed E-state index contributed by atoms with van der Waals surface area (Å²) < 4.78 is 28.0. The molecule has 0 aromatic carbocycles. The van der Waals surface area contributed by atoms with E-state index in [-0.39, 0.29) is 12.1 Å². The van der Waals surface area contributed by atoms with E-state index >= 15 is 0 Å². The Morgan fingerprint density at radius 2 is 2.25 bits per heavy atom. The van der Waals surface area contributed by atoms with E-state index in [1.807, 2.05) is 20.8 Å². The average Bonchev–Trinajstić information content (AvgIpc) is 2.97. The van der Waals surface area contributed by atoms with E-state index in [2.05, 4.69) is 5.32 Å². The summed E-state index contributed by atoms with van der Waals surface area (Å²) in [6.45, 7) is 7.15. The highest BCUT2D eigenvalue weighted by atomic mass is 35.5. The molecular weight excluding hydrogens is 316 g/mol. The van der Waals surface area contributed by atoms with Crippen LogP contribution in [0.1, 0.15) is 32.3 Å². The first-order valence-electron chi connectivity index (χ1n) is 6.83. The van der Waals surface area contributed by atoms with Crippen molar-refractivity contribution in [1.29, 1.82) is 0 Å². The van der Waals surface area contributed by atoms with E-state index in [1.165, 1.54) is 0 Å². The third-order valence-electron chi connectivity index (χ3n) is 3.54. The summed E-state index contributed by atoms with van der Waals surface area (Å²) >= 11 is 7.15. The fourth-order valence-corrected chi connectivity index (χ4v) is 5.91. The zero-order valence-corrected chi connectivity index (χ0v) is 14.4. The van der Waals surface area contributed by atoms with Gasteiger partial charge in [-0.25, -0.2) is 8.42 Å². The number of hydrogen-bond acceptors (Lipinski definition) is 4. The number of hydrogen-bond donors (Lipinski definition) is 1. The Morgan fingerprint density at radius 1 is 1.55 bits per heavy atom. The highest BCUT2D eigenvalue weighted by Gasteiger charge is 2.31. The van der Waals surface area contributed by atoms with Crippen LogP contribution >= 0.6 is 22.9 Å². The highest BCUT2D eigenvalue weighted by molar-refractivity contribution is 7.91.